The summed E-state index contributed by atoms with van der Waals surface area (Å²) in [5, 5.41) is 5.01. The Labute approximate surface area is 144 Å². The maximum atomic E-state index is 12.0. The van der Waals surface area contributed by atoms with Gasteiger partial charge < -0.3 is 14.8 Å². The number of aryl methyl sites for hydroxylation is 1. The summed E-state index contributed by atoms with van der Waals surface area (Å²) in [6.45, 7) is 4.01. The molecule has 0 radical (unpaired) electrons. The summed E-state index contributed by atoms with van der Waals surface area (Å²) in [7, 11) is 0. The Morgan fingerprint density at radius 2 is 2.09 bits per heavy atom. The predicted molar refractivity (Wildman–Crippen MR) is 93.7 cm³/mol. The number of ether oxygens (including phenoxy) is 2. The van der Waals surface area contributed by atoms with Crippen LogP contribution in [0.1, 0.15) is 16.9 Å². The fourth-order valence-corrected chi connectivity index (χ4v) is 3.80. The van der Waals surface area contributed by atoms with Gasteiger partial charge in [-0.2, -0.15) is 0 Å². The second kappa shape index (κ2) is 7.75. The van der Waals surface area contributed by atoms with Gasteiger partial charge >= 0.3 is 0 Å². The van der Waals surface area contributed by atoms with E-state index in [0.29, 0.717) is 25.5 Å². The van der Waals surface area contributed by atoms with E-state index in [-0.39, 0.29) is 5.91 Å². The zero-order chi connectivity index (χ0) is 16.1. The van der Waals surface area contributed by atoms with Crippen molar-refractivity contribution in [3.8, 4) is 11.5 Å². The molecule has 0 fully saturated rings. The van der Waals surface area contributed by atoms with E-state index in [2.05, 4.69) is 18.3 Å². The predicted octanol–water partition coefficient (Wildman–Crippen LogP) is 3.63. The molecule has 1 aliphatic rings. The highest BCUT2D eigenvalue weighted by Crippen LogP contribution is 2.33. The zero-order valence-corrected chi connectivity index (χ0v) is 14.6. The van der Waals surface area contributed by atoms with E-state index in [9.17, 15) is 4.79 Å². The van der Waals surface area contributed by atoms with Gasteiger partial charge in [0.1, 0.15) is 0 Å². The molecule has 0 unspecified atom stereocenters. The average Bonchev–Trinajstić information content (AvgIpc) is 2.83. The van der Waals surface area contributed by atoms with Crippen molar-refractivity contribution in [3.63, 3.8) is 0 Å². The summed E-state index contributed by atoms with van der Waals surface area (Å²) in [4.78, 5) is 14.2. The Kier molecular flexibility index (Phi) is 5.46. The van der Waals surface area contributed by atoms with Crippen LogP contribution >= 0.6 is 23.1 Å². The van der Waals surface area contributed by atoms with Gasteiger partial charge in [-0.3, -0.25) is 4.79 Å². The van der Waals surface area contributed by atoms with Crippen LogP contribution < -0.4 is 14.8 Å². The number of nitrogens with one attached hydrogen (secondary N) is 1. The molecule has 0 spiro atoms. The molecule has 0 saturated heterocycles. The molecule has 3 rings (SSSR count). The Bertz CT molecular complexity index is 684. The lowest BCUT2D eigenvalue weighted by molar-refractivity contribution is -0.118. The molecule has 2 heterocycles. The molecule has 1 aliphatic heterocycles. The van der Waals surface area contributed by atoms with Gasteiger partial charge in [-0.1, -0.05) is 0 Å². The minimum atomic E-state index is 0.0370. The lowest BCUT2D eigenvalue weighted by atomic mass is 10.3. The molecule has 1 N–H and O–H groups in total. The van der Waals surface area contributed by atoms with Gasteiger partial charge in [-0.25, -0.2) is 0 Å². The number of carbonyl (C=O) groups is 1. The molecule has 0 saturated carbocycles. The molecule has 1 amide bonds. The van der Waals surface area contributed by atoms with Crippen LogP contribution in [-0.2, 0) is 11.3 Å². The molecule has 0 atom stereocenters. The highest BCUT2D eigenvalue weighted by molar-refractivity contribution is 8.00. The molecule has 1 aromatic heterocycles. The number of hydrogen-bond acceptors (Lipinski definition) is 5. The second-order valence-corrected chi connectivity index (χ2v) is 7.30. The van der Waals surface area contributed by atoms with Crippen molar-refractivity contribution in [2.45, 2.75) is 24.8 Å². The molecule has 4 nitrogen and oxygen atoms in total. The Morgan fingerprint density at radius 1 is 1.26 bits per heavy atom. The number of fused-ring (bicyclic) bond motifs is 1. The first-order valence-electron chi connectivity index (χ1n) is 7.54. The first-order chi connectivity index (χ1) is 11.2. The normalized spacial score (nSPS) is 13.4. The van der Waals surface area contributed by atoms with Crippen LogP contribution in [0.5, 0.6) is 11.5 Å². The fourth-order valence-electron chi connectivity index (χ4n) is 2.20. The SMILES string of the molecule is Cc1ccsc1CNC(=O)CSc1ccc2c(c1)OCCCO2. The van der Waals surface area contributed by atoms with Gasteiger partial charge in [0.15, 0.2) is 11.5 Å². The quantitative estimate of drug-likeness (QED) is 0.838. The van der Waals surface area contributed by atoms with Gasteiger partial charge in [0, 0.05) is 16.2 Å². The molecule has 23 heavy (non-hydrogen) atoms. The Balaban J connectivity index is 1.51. The van der Waals surface area contributed by atoms with E-state index in [0.717, 1.165) is 22.8 Å². The lowest BCUT2D eigenvalue weighted by Gasteiger charge is -2.09. The number of amides is 1. The number of hydrogen-bond donors (Lipinski definition) is 1. The minimum Gasteiger partial charge on any atom is -0.490 e. The first-order valence-corrected chi connectivity index (χ1v) is 9.41. The van der Waals surface area contributed by atoms with E-state index < -0.39 is 0 Å². The van der Waals surface area contributed by atoms with E-state index in [1.807, 2.05) is 23.6 Å². The van der Waals surface area contributed by atoms with Crippen molar-refractivity contribution in [1.29, 1.82) is 0 Å². The molecule has 2 aromatic rings. The van der Waals surface area contributed by atoms with Gasteiger partial charge in [-0.05, 0) is 42.1 Å². The third-order valence-corrected chi connectivity index (χ3v) is 5.52. The van der Waals surface area contributed by atoms with Crippen LogP contribution in [0, 0.1) is 6.92 Å². The molecule has 0 bridgehead atoms. The third kappa shape index (κ3) is 4.42. The topological polar surface area (TPSA) is 47.6 Å². The number of rotatable bonds is 5. The van der Waals surface area contributed by atoms with Crippen molar-refractivity contribution in [2.24, 2.45) is 0 Å². The maximum absolute atomic E-state index is 12.0. The van der Waals surface area contributed by atoms with E-state index in [1.54, 1.807) is 11.3 Å². The molecule has 1 aromatic carbocycles. The van der Waals surface area contributed by atoms with Crippen molar-refractivity contribution in [1.82, 2.24) is 5.32 Å². The van der Waals surface area contributed by atoms with E-state index in [1.165, 1.54) is 22.2 Å². The van der Waals surface area contributed by atoms with E-state index in [4.69, 9.17) is 9.47 Å². The number of benzene rings is 1. The largest absolute Gasteiger partial charge is 0.490 e. The monoisotopic (exact) mass is 349 g/mol. The molecule has 0 aliphatic carbocycles. The van der Waals surface area contributed by atoms with Crippen LogP contribution in [0.25, 0.3) is 0 Å². The van der Waals surface area contributed by atoms with Crippen LogP contribution in [0.4, 0.5) is 0 Å². The Morgan fingerprint density at radius 3 is 2.87 bits per heavy atom. The van der Waals surface area contributed by atoms with Gasteiger partial charge in [0.25, 0.3) is 0 Å². The summed E-state index contributed by atoms with van der Waals surface area (Å²) in [6, 6.07) is 7.89. The van der Waals surface area contributed by atoms with Crippen LogP contribution in [0.3, 0.4) is 0 Å². The highest BCUT2D eigenvalue weighted by atomic mass is 32.2. The van der Waals surface area contributed by atoms with Gasteiger partial charge in [0.2, 0.25) is 5.91 Å². The fraction of sp³-hybridized carbons (Fsp3) is 0.353. The van der Waals surface area contributed by atoms with Crippen LogP contribution in [-0.4, -0.2) is 24.9 Å². The van der Waals surface area contributed by atoms with Crippen molar-refractivity contribution >= 4 is 29.0 Å². The van der Waals surface area contributed by atoms with Crippen molar-refractivity contribution < 1.29 is 14.3 Å². The second-order valence-electron chi connectivity index (χ2n) is 5.25. The first kappa shape index (κ1) is 16.2. The highest BCUT2D eigenvalue weighted by Gasteiger charge is 2.12. The third-order valence-electron chi connectivity index (χ3n) is 3.50. The van der Waals surface area contributed by atoms with Crippen LogP contribution in [0.15, 0.2) is 34.5 Å². The summed E-state index contributed by atoms with van der Waals surface area (Å²) in [6.07, 6.45) is 0.891. The van der Waals surface area contributed by atoms with E-state index >= 15 is 0 Å². The Hall–Kier alpha value is -1.66. The number of thiophene rings is 1. The van der Waals surface area contributed by atoms with Crippen molar-refractivity contribution in [3.05, 3.63) is 40.1 Å². The summed E-state index contributed by atoms with van der Waals surface area (Å²) >= 11 is 3.18. The lowest BCUT2D eigenvalue weighted by Crippen LogP contribution is -2.24. The van der Waals surface area contributed by atoms with Crippen LogP contribution in [0.2, 0.25) is 0 Å². The standard InChI is InChI=1S/C17H19NO3S2/c1-12-5-8-22-16(12)10-18-17(19)11-23-13-3-4-14-15(9-13)21-7-2-6-20-14/h3-5,8-9H,2,6-7,10-11H2,1H3,(H,18,19). The maximum Gasteiger partial charge on any atom is 0.230 e. The smallest absolute Gasteiger partial charge is 0.230 e. The molecular weight excluding hydrogens is 330 g/mol. The van der Waals surface area contributed by atoms with Gasteiger partial charge in [0.05, 0.1) is 25.5 Å². The summed E-state index contributed by atoms with van der Waals surface area (Å²) in [5.41, 5.74) is 1.23. The summed E-state index contributed by atoms with van der Waals surface area (Å²) in [5.74, 6) is 1.98. The number of carbonyl (C=O) groups excluding carboxylic acids is 1. The molecule has 6 heteroatoms. The molecule has 122 valence electrons. The van der Waals surface area contributed by atoms with Crippen molar-refractivity contribution in [2.75, 3.05) is 19.0 Å². The summed E-state index contributed by atoms with van der Waals surface area (Å²) < 4.78 is 11.3. The average molecular weight is 349 g/mol. The molecular formula is C17H19NO3S2. The van der Waals surface area contributed by atoms with Gasteiger partial charge in [-0.15, -0.1) is 23.1 Å². The minimum absolute atomic E-state index is 0.0370. The number of thioether (sulfide) groups is 1. The zero-order valence-electron chi connectivity index (χ0n) is 13.0.